The molecule has 33 heavy (non-hydrogen) atoms. The molecule has 6 N–H and O–H groups in total. The molecular formula is C23H30FN7O2. The lowest BCUT2D eigenvalue weighted by molar-refractivity contribution is 0.100. The minimum Gasteiger partial charge on any atom is -0.476 e. The smallest absolute Gasteiger partial charge is 0.252 e. The summed E-state index contributed by atoms with van der Waals surface area (Å²) in [6, 6.07) is 6.54. The van der Waals surface area contributed by atoms with E-state index >= 15 is 0 Å². The molecule has 1 aliphatic rings. The average Bonchev–Trinajstić information content (AvgIpc) is 3.14. The molecule has 4 rings (SSSR count). The predicted octanol–water partition coefficient (Wildman–Crippen LogP) is 3.51. The number of nitrogens with zero attached hydrogens (tertiary/aromatic N) is 3. The van der Waals surface area contributed by atoms with E-state index in [9.17, 15) is 9.18 Å². The standard InChI is InChI=1S/C23H30FN7O2/c1-3-31-19-10-9-13(11-14(19)23(30-31)33-4-2)27-21-15(20(26)32)12-16(24)22(29-21)28-18-8-6-5-7-17(18)25/h9-12,17-18H,3-8,25H2,1-2H3,(H2,26,32)(H2,27,28,29)/t17-,18+/m0/s1. The fourth-order valence-corrected chi connectivity index (χ4v) is 4.24. The summed E-state index contributed by atoms with van der Waals surface area (Å²) in [5, 5.41) is 11.5. The minimum atomic E-state index is -0.778. The number of aromatic nitrogens is 3. The molecule has 1 saturated carbocycles. The van der Waals surface area contributed by atoms with E-state index in [1.165, 1.54) is 0 Å². The lowest BCUT2D eigenvalue weighted by Crippen LogP contribution is -2.43. The van der Waals surface area contributed by atoms with Crippen LogP contribution >= 0.6 is 0 Å². The van der Waals surface area contributed by atoms with Crippen LogP contribution in [0.3, 0.4) is 0 Å². The first kappa shape index (κ1) is 22.8. The van der Waals surface area contributed by atoms with Gasteiger partial charge in [-0.3, -0.25) is 9.48 Å². The molecule has 1 fully saturated rings. The molecule has 0 radical (unpaired) electrons. The minimum absolute atomic E-state index is 0.0413. The van der Waals surface area contributed by atoms with Crippen molar-refractivity contribution in [2.45, 2.75) is 58.2 Å². The van der Waals surface area contributed by atoms with Gasteiger partial charge in [0.25, 0.3) is 5.91 Å². The number of carbonyl (C=O) groups excluding carboxylic acids is 1. The van der Waals surface area contributed by atoms with Gasteiger partial charge < -0.3 is 26.8 Å². The van der Waals surface area contributed by atoms with Crippen LogP contribution in [0.2, 0.25) is 0 Å². The molecule has 3 aromatic rings. The highest BCUT2D eigenvalue weighted by atomic mass is 19.1. The van der Waals surface area contributed by atoms with Crippen molar-refractivity contribution < 1.29 is 13.9 Å². The Morgan fingerprint density at radius 3 is 2.73 bits per heavy atom. The maximum Gasteiger partial charge on any atom is 0.252 e. The van der Waals surface area contributed by atoms with E-state index < -0.39 is 11.7 Å². The van der Waals surface area contributed by atoms with Gasteiger partial charge in [-0.25, -0.2) is 9.37 Å². The van der Waals surface area contributed by atoms with Gasteiger partial charge in [-0.15, -0.1) is 5.10 Å². The summed E-state index contributed by atoms with van der Waals surface area (Å²) in [6.45, 7) is 5.08. The molecule has 0 spiro atoms. The van der Waals surface area contributed by atoms with Crippen molar-refractivity contribution in [3.8, 4) is 5.88 Å². The third-order valence-electron chi connectivity index (χ3n) is 5.94. The summed E-state index contributed by atoms with van der Waals surface area (Å²) >= 11 is 0. The number of benzene rings is 1. The molecule has 2 atom stereocenters. The molecule has 1 aliphatic carbocycles. The van der Waals surface area contributed by atoms with Crippen molar-refractivity contribution in [2.24, 2.45) is 11.5 Å². The van der Waals surface area contributed by atoms with Crippen LogP contribution in [0.1, 0.15) is 49.9 Å². The molecule has 1 aromatic carbocycles. The second-order valence-electron chi connectivity index (χ2n) is 8.19. The quantitative estimate of drug-likeness (QED) is 0.408. The van der Waals surface area contributed by atoms with Crippen LogP contribution in [-0.2, 0) is 6.54 Å². The van der Waals surface area contributed by atoms with Crippen LogP contribution in [0.5, 0.6) is 5.88 Å². The second kappa shape index (κ2) is 9.62. The summed E-state index contributed by atoms with van der Waals surface area (Å²) in [5.41, 5.74) is 13.2. The highest BCUT2D eigenvalue weighted by Crippen LogP contribution is 2.31. The summed E-state index contributed by atoms with van der Waals surface area (Å²) in [7, 11) is 0. The molecule has 2 aromatic heterocycles. The van der Waals surface area contributed by atoms with E-state index in [1.54, 1.807) is 0 Å². The van der Waals surface area contributed by atoms with Gasteiger partial charge in [0.05, 0.1) is 23.1 Å². The van der Waals surface area contributed by atoms with Crippen molar-refractivity contribution >= 4 is 34.1 Å². The third kappa shape index (κ3) is 4.70. The summed E-state index contributed by atoms with van der Waals surface area (Å²) in [4.78, 5) is 16.4. The summed E-state index contributed by atoms with van der Waals surface area (Å²) in [5.74, 6) is -0.699. The van der Waals surface area contributed by atoms with Crippen molar-refractivity contribution in [3.63, 3.8) is 0 Å². The first-order valence-electron chi connectivity index (χ1n) is 11.3. The Hall–Kier alpha value is -3.40. The number of rotatable bonds is 8. The van der Waals surface area contributed by atoms with Crippen molar-refractivity contribution in [3.05, 3.63) is 35.6 Å². The largest absolute Gasteiger partial charge is 0.476 e. The van der Waals surface area contributed by atoms with Crippen LogP contribution in [0, 0.1) is 5.82 Å². The van der Waals surface area contributed by atoms with Gasteiger partial charge >= 0.3 is 0 Å². The average molecular weight is 456 g/mol. The molecular weight excluding hydrogens is 425 g/mol. The number of pyridine rings is 1. The first-order valence-corrected chi connectivity index (χ1v) is 11.3. The Bertz CT molecular complexity index is 1160. The second-order valence-corrected chi connectivity index (χ2v) is 8.19. The van der Waals surface area contributed by atoms with Crippen LogP contribution in [0.25, 0.3) is 10.9 Å². The number of fused-ring (bicyclic) bond motifs is 1. The summed E-state index contributed by atoms with van der Waals surface area (Å²) in [6.07, 6.45) is 3.78. The third-order valence-corrected chi connectivity index (χ3v) is 5.94. The molecule has 0 unspecified atom stereocenters. The van der Waals surface area contributed by atoms with E-state index in [4.69, 9.17) is 16.2 Å². The Balaban J connectivity index is 1.69. The van der Waals surface area contributed by atoms with Gasteiger partial charge in [0.15, 0.2) is 11.6 Å². The van der Waals surface area contributed by atoms with Gasteiger partial charge in [0.2, 0.25) is 5.88 Å². The molecule has 176 valence electrons. The zero-order valence-electron chi connectivity index (χ0n) is 18.9. The topological polar surface area (TPSA) is 133 Å². The molecule has 2 heterocycles. The Kier molecular flexibility index (Phi) is 6.64. The van der Waals surface area contributed by atoms with Crippen molar-refractivity contribution in [2.75, 3.05) is 17.2 Å². The lowest BCUT2D eigenvalue weighted by atomic mass is 9.91. The van der Waals surface area contributed by atoms with Gasteiger partial charge in [0.1, 0.15) is 5.82 Å². The number of anilines is 3. The zero-order chi connectivity index (χ0) is 23.5. The van der Waals surface area contributed by atoms with Crippen molar-refractivity contribution in [1.29, 1.82) is 0 Å². The van der Waals surface area contributed by atoms with Gasteiger partial charge in [0, 0.05) is 24.3 Å². The van der Waals surface area contributed by atoms with Crippen molar-refractivity contribution in [1.82, 2.24) is 14.8 Å². The van der Waals surface area contributed by atoms with Crippen LogP contribution in [0.15, 0.2) is 24.3 Å². The monoisotopic (exact) mass is 455 g/mol. The molecule has 0 saturated heterocycles. The van der Waals surface area contributed by atoms with E-state index in [1.807, 2.05) is 36.7 Å². The number of primary amides is 1. The molecule has 9 nitrogen and oxygen atoms in total. The number of halogens is 1. The highest BCUT2D eigenvalue weighted by molar-refractivity contribution is 5.99. The van der Waals surface area contributed by atoms with E-state index in [0.717, 1.165) is 42.7 Å². The van der Waals surface area contributed by atoms with Gasteiger partial charge in [-0.05, 0) is 51.0 Å². The highest BCUT2D eigenvalue weighted by Gasteiger charge is 2.24. The number of carbonyl (C=O) groups is 1. The fourth-order valence-electron chi connectivity index (χ4n) is 4.24. The number of hydrogen-bond acceptors (Lipinski definition) is 7. The SMILES string of the molecule is CCOc1nn(CC)c2ccc(Nc3nc(N[C@@H]4CCCC[C@@H]4N)c(F)cc3C(N)=O)cc12. The predicted molar refractivity (Wildman–Crippen MR) is 126 cm³/mol. The normalized spacial score (nSPS) is 18.3. The Labute approximate surface area is 191 Å². The number of hydrogen-bond donors (Lipinski definition) is 4. The molecule has 0 aliphatic heterocycles. The number of nitrogens with two attached hydrogens (primary N) is 2. The summed E-state index contributed by atoms with van der Waals surface area (Å²) < 4.78 is 22.3. The van der Waals surface area contributed by atoms with E-state index in [0.29, 0.717) is 24.7 Å². The maximum atomic E-state index is 14.8. The fraction of sp³-hybridized carbons (Fsp3) is 0.435. The zero-order valence-corrected chi connectivity index (χ0v) is 18.9. The van der Waals surface area contributed by atoms with Crippen LogP contribution in [0.4, 0.5) is 21.7 Å². The van der Waals surface area contributed by atoms with Gasteiger partial charge in [-0.2, -0.15) is 0 Å². The Morgan fingerprint density at radius 2 is 2.03 bits per heavy atom. The molecule has 0 bridgehead atoms. The lowest BCUT2D eigenvalue weighted by Gasteiger charge is -2.30. The molecule has 1 amide bonds. The van der Waals surface area contributed by atoms with E-state index in [2.05, 4.69) is 20.7 Å². The maximum absolute atomic E-state index is 14.8. The Morgan fingerprint density at radius 1 is 1.24 bits per heavy atom. The van der Waals surface area contributed by atoms with Crippen LogP contribution in [-0.4, -0.2) is 39.4 Å². The number of amides is 1. The number of ether oxygens (including phenoxy) is 1. The number of aryl methyl sites for hydroxylation is 1. The van der Waals surface area contributed by atoms with E-state index in [-0.39, 0.29) is 29.3 Å². The number of nitrogens with one attached hydrogen (secondary N) is 2. The van der Waals surface area contributed by atoms with Gasteiger partial charge in [-0.1, -0.05) is 12.8 Å². The molecule has 10 heteroatoms. The van der Waals surface area contributed by atoms with Crippen LogP contribution < -0.4 is 26.8 Å². The first-order chi connectivity index (χ1) is 15.9.